The summed E-state index contributed by atoms with van der Waals surface area (Å²) < 4.78 is 26.8. The summed E-state index contributed by atoms with van der Waals surface area (Å²) in [4.78, 5) is 11.9. The van der Waals surface area contributed by atoms with E-state index in [9.17, 15) is 9.18 Å². The zero-order chi connectivity index (χ0) is 18.8. The third-order valence-electron chi connectivity index (χ3n) is 3.88. The van der Waals surface area contributed by atoms with E-state index in [0.717, 1.165) is 5.56 Å². The van der Waals surface area contributed by atoms with Crippen LogP contribution in [0.2, 0.25) is 0 Å². The van der Waals surface area contributed by atoms with Crippen molar-refractivity contribution in [3.05, 3.63) is 88.6 Å². The van der Waals surface area contributed by atoms with E-state index >= 15 is 0 Å². The Kier molecular flexibility index (Phi) is 4.29. The van der Waals surface area contributed by atoms with E-state index in [1.54, 1.807) is 43.5 Å². The fourth-order valence-corrected chi connectivity index (χ4v) is 2.66. The molecule has 4 rings (SSSR count). The van der Waals surface area contributed by atoms with Gasteiger partial charge in [0.05, 0.1) is 11.4 Å². The minimum absolute atomic E-state index is 0.175. The van der Waals surface area contributed by atoms with Crippen LogP contribution in [0.1, 0.15) is 11.5 Å². The summed E-state index contributed by atoms with van der Waals surface area (Å²) >= 11 is 0. The second kappa shape index (κ2) is 6.91. The quantitative estimate of drug-likeness (QED) is 0.543. The summed E-state index contributed by atoms with van der Waals surface area (Å²) in [6.45, 7) is 1.78. The van der Waals surface area contributed by atoms with Crippen molar-refractivity contribution in [1.82, 2.24) is 19.6 Å². The normalized spacial score (nSPS) is 10.9. The molecule has 0 aliphatic rings. The number of ether oxygens (including phenoxy) is 1. The molecule has 0 saturated heterocycles. The molecule has 0 unspecified atom stereocenters. The molecule has 8 heteroatoms. The molecule has 0 saturated carbocycles. The highest BCUT2D eigenvalue weighted by atomic mass is 19.1. The van der Waals surface area contributed by atoms with Crippen molar-refractivity contribution in [2.24, 2.45) is 0 Å². The van der Waals surface area contributed by atoms with Crippen LogP contribution in [0.4, 0.5) is 4.39 Å². The van der Waals surface area contributed by atoms with Crippen LogP contribution in [0.25, 0.3) is 11.4 Å². The molecule has 7 nitrogen and oxygen atoms in total. The maximum atomic E-state index is 13.4. The summed E-state index contributed by atoms with van der Waals surface area (Å²) in [5.41, 5.74) is 1.91. The van der Waals surface area contributed by atoms with Crippen molar-refractivity contribution in [3.63, 3.8) is 0 Å². The Balaban J connectivity index is 1.55. The summed E-state index contributed by atoms with van der Waals surface area (Å²) in [5, 5.41) is 8.36. The highest BCUT2D eigenvalue weighted by Gasteiger charge is 2.12. The molecule has 0 aliphatic heterocycles. The smallest absolute Gasteiger partial charge is 0.441 e. The number of rotatable bonds is 5. The van der Waals surface area contributed by atoms with Crippen LogP contribution in [0.3, 0.4) is 0 Å². The van der Waals surface area contributed by atoms with E-state index in [4.69, 9.17) is 9.15 Å². The van der Waals surface area contributed by atoms with Crippen LogP contribution >= 0.6 is 0 Å². The number of aromatic nitrogens is 4. The molecular formula is C19H15FN4O3. The molecule has 0 radical (unpaired) electrons. The molecule has 0 bridgehead atoms. The van der Waals surface area contributed by atoms with Gasteiger partial charge in [-0.3, -0.25) is 0 Å². The molecule has 2 aromatic heterocycles. The van der Waals surface area contributed by atoms with Crippen molar-refractivity contribution in [1.29, 1.82) is 0 Å². The molecule has 0 N–H and O–H groups in total. The molecule has 136 valence electrons. The number of para-hydroxylation sites is 1. The summed E-state index contributed by atoms with van der Waals surface area (Å²) in [6.07, 6.45) is 1.68. The number of hydrogen-bond donors (Lipinski definition) is 0. The number of nitrogens with zero attached hydrogens (tertiary/aromatic N) is 4. The van der Waals surface area contributed by atoms with Gasteiger partial charge in [0.25, 0.3) is 0 Å². The predicted molar refractivity (Wildman–Crippen MR) is 94.7 cm³/mol. The van der Waals surface area contributed by atoms with E-state index in [1.165, 1.54) is 21.5 Å². The third kappa shape index (κ3) is 3.50. The van der Waals surface area contributed by atoms with Gasteiger partial charge in [0.2, 0.25) is 11.8 Å². The van der Waals surface area contributed by atoms with E-state index in [-0.39, 0.29) is 18.3 Å². The molecule has 2 aromatic carbocycles. The first-order valence-electron chi connectivity index (χ1n) is 8.19. The first kappa shape index (κ1) is 16.8. The molecule has 0 atom stereocenters. The van der Waals surface area contributed by atoms with Gasteiger partial charge in [-0.1, -0.05) is 24.3 Å². The second-order valence-electron chi connectivity index (χ2n) is 5.79. The van der Waals surface area contributed by atoms with Crippen LogP contribution < -0.4 is 10.5 Å². The fraction of sp³-hybridized carbons (Fsp3) is 0.105. The van der Waals surface area contributed by atoms with Gasteiger partial charge in [0.1, 0.15) is 12.4 Å². The predicted octanol–water partition coefficient (Wildman–Crippen LogP) is 3.04. The maximum Gasteiger partial charge on any atom is 0.441 e. The van der Waals surface area contributed by atoms with Crippen molar-refractivity contribution in [2.75, 3.05) is 0 Å². The molecule has 0 aliphatic carbocycles. The minimum atomic E-state index is -0.560. The van der Waals surface area contributed by atoms with Gasteiger partial charge in [0.15, 0.2) is 0 Å². The largest absolute Gasteiger partial charge is 0.472 e. The number of aryl methyl sites for hydroxylation is 1. The molecule has 2 heterocycles. The summed E-state index contributed by atoms with van der Waals surface area (Å²) in [5.74, 6) is -0.245. The van der Waals surface area contributed by atoms with Gasteiger partial charge in [-0.25, -0.2) is 13.9 Å². The first-order chi connectivity index (χ1) is 13.1. The van der Waals surface area contributed by atoms with Gasteiger partial charge in [-0.2, -0.15) is 4.68 Å². The Hall–Kier alpha value is -3.68. The van der Waals surface area contributed by atoms with Gasteiger partial charge in [-0.05, 0) is 24.3 Å². The Morgan fingerprint density at radius 2 is 1.96 bits per heavy atom. The minimum Gasteiger partial charge on any atom is -0.472 e. The molecule has 0 fully saturated rings. The maximum absolute atomic E-state index is 13.4. The molecule has 27 heavy (non-hydrogen) atoms. The number of halogens is 1. The van der Waals surface area contributed by atoms with Crippen LogP contribution in [0.5, 0.6) is 5.88 Å². The van der Waals surface area contributed by atoms with Gasteiger partial charge < -0.3 is 9.15 Å². The second-order valence-corrected chi connectivity index (χ2v) is 5.79. The summed E-state index contributed by atoms with van der Waals surface area (Å²) in [6, 6.07) is 15.0. The van der Waals surface area contributed by atoms with E-state index in [0.29, 0.717) is 17.3 Å². The van der Waals surface area contributed by atoms with Gasteiger partial charge in [-0.15, -0.1) is 10.2 Å². The average Bonchev–Trinajstić information content (AvgIpc) is 3.26. The molecule has 4 aromatic rings. The molecule has 0 spiro atoms. The molecule has 0 amide bonds. The Morgan fingerprint density at radius 3 is 2.74 bits per heavy atom. The lowest BCUT2D eigenvalue weighted by Gasteiger charge is -2.08. The summed E-state index contributed by atoms with van der Waals surface area (Å²) in [7, 11) is 0. The lowest BCUT2D eigenvalue weighted by molar-refractivity contribution is 0.291. The SMILES string of the molecule is Cc1nn(-c2ccccc2COc2ccn(-c3cccc(F)c3)n2)c(=O)o1. The Labute approximate surface area is 153 Å². The zero-order valence-corrected chi connectivity index (χ0v) is 14.4. The zero-order valence-electron chi connectivity index (χ0n) is 14.4. The van der Waals surface area contributed by atoms with Crippen molar-refractivity contribution < 1.29 is 13.5 Å². The fourth-order valence-electron chi connectivity index (χ4n) is 2.66. The standard InChI is InChI=1S/C19H15FN4O3/c1-13-21-24(19(25)27-13)17-8-3-2-5-14(17)12-26-18-9-10-23(22-18)16-7-4-6-15(20)11-16/h2-11H,12H2,1H3. The van der Waals surface area contributed by atoms with Crippen LogP contribution in [0.15, 0.2) is 70.0 Å². The number of benzene rings is 2. The van der Waals surface area contributed by atoms with Gasteiger partial charge in [0, 0.05) is 24.8 Å². The molecular weight excluding hydrogens is 351 g/mol. The van der Waals surface area contributed by atoms with Crippen LogP contribution in [-0.2, 0) is 6.61 Å². The monoisotopic (exact) mass is 366 g/mol. The highest BCUT2D eigenvalue weighted by Crippen LogP contribution is 2.17. The van der Waals surface area contributed by atoms with Crippen molar-refractivity contribution in [3.8, 4) is 17.3 Å². The van der Waals surface area contributed by atoms with Crippen molar-refractivity contribution >= 4 is 0 Å². The average molecular weight is 366 g/mol. The topological polar surface area (TPSA) is 75.1 Å². The Bertz CT molecular complexity index is 1150. The lowest BCUT2D eigenvalue weighted by atomic mass is 10.2. The van der Waals surface area contributed by atoms with E-state index < -0.39 is 5.76 Å². The Morgan fingerprint density at radius 1 is 1.11 bits per heavy atom. The number of hydrogen-bond acceptors (Lipinski definition) is 5. The third-order valence-corrected chi connectivity index (χ3v) is 3.88. The van der Waals surface area contributed by atoms with Crippen molar-refractivity contribution in [2.45, 2.75) is 13.5 Å². The lowest BCUT2D eigenvalue weighted by Crippen LogP contribution is -2.16. The highest BCUT2D eigenvalue weighted by molar-refractivity contribution is 5.39. The van der Waals surface area contributed by atoms with Gasteiger partial charge >= 0.3 is 5.76 Å². The van der Waals surface area contributed by atoms with Crippen LogP contribution in [0, 0.1) is 12.7 Å². The first-order valence-corrected chi connectivity index (χ1v) is 8.19. The van der Waals surface area contributed by atoms with E-state index in [1.807, 2.05) is 12.1 Å². The van der Waals surface area contributed by atoms with E-state index in [2.05, 4.69) is 10.2 Å². The van der Waals surface area contributed by atoms with Crippen LogP contribution in [-0.4, -0.2) is 19.6 Å².